The van der Waals surface area contributed by atoms with Gasteiger partial charge in [0.25, 0.3) is 0 Å². The number of nitrogens with zero attached hydrogens (tertiary/aromatic N) is 1. The van der Waals surface area contributed by atoms with Crippen LogP contribution in [0.1, 0.15) is 31.2 Å². The van der Waals surface area contributed by atoms with Crippen LogP contribution in [0.25, 0.3) is 21.5 Å². The second kappa shape index (κ2) is 4.71. The van der Waals surface area contributed by atoms with Crippen LogP contribution in [0.15, 0.2) is 42.5 Å². The molecule has 0 radical (unpaired) electrons. The fourth-order valence-electron chi connectivity index (χ4n) is 2.56. The predicted molar refractivity (Wildman–Crippen MR) is 88.5 cm³/mol. The highest BCUT2D eigenvalue weighted by Crippen LogP contribution is 2.36. The monoisotopic (exact) mass is 281 g/mol. The van der Waals surface area contributed by atoms with Gasteiger partial charge in [0.15, 0.2) is 0 Å². The first-order chi connectivity index (χ1) is 9.45. The molecule has 0 unspecified atom stereocenters. The van der Waals surface area contributed by atoms with Gasteiger partial charge < -0.3 is 0 Å². The highest BCUT2D eigenvalue weighted by atomic mass is 32.1. The molecule has 0 saturated heterocycles. The van der Waals surface area contributed by atoms with Crippen molar-refractivity contribution in [2.45, 2.75) is 33.1 Å². The van der Waals surface area contributed by atoms with E-state index in [-0.39, 0.29) is 5.41 Å². The van der Waals surface area contributed by atoms with E-state index in [2.05, 4.69) is 64.1 Å². The third-order valence-electron chi connectivity index (χ3n) is 3.58. The molecule has 2 aromatic heterocycles. The molecule has 0 aliphatic heterocycles. The van der Waals surface area contributed by atoms with Crippen molar-refractivity contribution in [1.82, 2.24) is 4.98 Å². The summed E-state index contributed by atoms with van der Waals surface area (Å²) >= 11 is 1.84. The topological polar surface area (TPSA) is 12.9 Å². The van der Waals surface area contributed by atoms with Gasteiger partial charge in [0.2, 0.25) is 0 Å². The van der Waals surface area contributed by atoms with Gasteiger partial charge in [-0.05, 0) is 36.1 Å². The molecule has 0 spiro atoms. The van der Waals surface area contributed by atoms with E-state index in [1.165, 1.54) is 20.7 Å². The van der Waals surface area contributed by atoms with Gasteiger partial charge in [-0.3, -0.25) is 0 Å². The number of aromatic nitrogens is 1. The Balaban J connectivity index is 2.11. The zero-order chi connectivity index (χ0) is 14.3. The van der Waals surface area contributed by atoms with Crippen LogP contribution >= 0.6 is 11.3 Å². The summed E-state index contributed by atoms with van der Waals surface area (Å²) in [5.74, 6) is 0. The van der Waals surface area contributed by atoms with Crippen molar-refractivity contribution in [2.75, 3.05) is 0 Å². The molecule has 0 aliphatic rings. The predicted octanol–water partition coefficient (Wildman–Crippen LogP) is 5.57. The Hall–Kier alpha value is -1.67. The first kappa shape index (κ1) is 13.3. The summed E-state index contributed by atoms with van der Waals surface area (Å²) < 4.78 is 0. The summed E-state index contributed by atoms with van der Waals surface area (Å²) in [5, 5.41) is 1.19. The number of thiophene rings is 1. The first-order valence-electron chi connectivity index (χ1n) is 6.92. The number of hydrogen-bond acceptors (Lipinski definition) is 2. The molecule has 0 aliphatic carbocycles. The van der Waals surface area contributed by atoms with Crippen molar-refractivity contribution in [3.63, 3.8) is 0 Å². The Kier molecular flexibility index (Phi) is 3.14. The van der Waals surface area contributed by atoms with Gasteiger partial charge in [-0.15, -0.1) is 11.3 Å². The second-order valence-corrected chi connectivity index (χ2v) is 7.48. The molecule has 0 amide bonds. The summed E-state index contributed by atoms with van der Waals surface area (Å²) in [6, 6.07) is 14.9. The number of hydrogen-bond donors (Lipinski definition) is 0. The van der Waals surface area contributed by atoms with Gasteiger partial charge in [-0.25, -0.2) is 4.98 Å². The molecule has 2 heterocycles. The Morgan fingerprint density at radius 3 is 2.45 bits per heavy atom. The number of rotatable bonds is 1. The molecule has 1 nitrogen and oxygen atoms in total. The van der Waals surface area contributed by atoms with Crippen molar-refractivity contribution in [3.05, 3.63) is 52.9 Å². The first-order valence-corrected chi connectivity index (χ1v) is 7.74. The van der Waals surface area contributed by atoms with Gasteiger partial charge in [-0.2, -0.15) is 0 Å². The molecule has 102 valence electrons. The summed E-state index contributed by atoms with van der Waals surface area (Å²) in [5.41, 5.74) is 3.75. The Morgan fingerprint density at radius 1 is 1.00 bits per heavy atom. The largest absolute Gasteiger partial charge is 0.247 e. The van der Waals surface area contributed by atoms with Crippen LogP contribution < -0.4 is 0 Å². The number of benzene rings is 1. The average Bonchev–Trinajstić information content (AvgIpc) is 2.80. The second-order valence-electron chi connectivity index (χ2n) is 6.22. The summed E-state index contributed by atoms with van der Waals surface area (Å²) in [7, 11) is 0. The fourth-order valence-corrected chi connectivity index (χ4v) is 3.76. The molecule has 3 rings (SSSR count). The summed E-state index contributed by atoms with van der Waals surface area (Å²) in [6.45, 7) is 8.99. The van der Waals surface area contributed by atoms with E-state index >= 15 is 0 Å². The lowest BCUT2D eigenvalue weighted by Gasteiger charge is -2.17. The lowest BCUT2D eigenvalue weighted by atomic mass is 9.87. The van der Waals surface area contributed by atoms with Crippen molar-refractivity contribution in [1.29, 1.82) is 0 Å². The van der Waals surface area contributed by atoms with E-state index < -0.39 is 0 Å². The highest BCUT2D eigenvalue weighted by Gasteiger charge is 2.19. The van der Waals surface area contributed by atoms with Crippen LogP contribution in [0.4, 0.5) is 0 Å². The van der Waals surface area contributed by atoms with Gasteiger partial charge in [0.05, 0.1) is 16.1 Å². The third kappa shape index (κ3) is 2.36. The Bertz CT molecular complexity index is 762. The molecule has 0 bridgehead atoms. The molecule has 2 heteroatoms. The molecular weight excluding hydrogens is 262 g/mol. The minimum Gasteiger partial charge on any atom is -0.247 e. The smallest absolute Gasteiger partial charge is 0.0809 e. The quantitative estimate of drug-likeness (QED) is 0.568. The van der Waals surface area contributed by atoms with Crippen LogP contribution in [0, 0.1) is 6.92 Å². The molecule has 0 saturated carbocycles. The number of fused-ring (bicyclic) bond motifs is 1. The number of aryl methyl sites for hydroxylation is 1. The standard InChI is InChI=1S/C18H19NS/c1-12-14(18(2,3)4)11-17(20-12)16-10-9-13-7-5-6-8-15(13)19-16/h5-11H,1-4H3. The van der Waals surface area contributed by atoms with Crippen LogP contribution in [0.2, 0.25) is 0 Å². The maximum absolute atomic E-state index is 4.79. The van der Waals surface area contributed by atoms with Crippen LogP contribution in [-0.2, 0) is 5.41 Å². The van der Waals surface area contributed by atoms with E-state index in [0.717, 1.165) is 11.2 Å². The number of pyridine rings is 1. The van der Waals surface area contributed by atoms with Crippen molar-refractivity contribution in [2.24, 2.45) is 0 Å². The van der Waals surface area contributed by atoms with Crippen molar-refractivity contribution >= 4 is 22.2 Å². The number of para-hydroxylation sites is 1. The SMILES string of the molecule is Cc1sc(-c2ccc3ccccc3n2)cc1C(C)(C)C. The maximum atomic E-state index is 4.79. The minimum absolute atomic E-state index is 0.190. The highest BCUT2D eigenvalue weighted by molar-refractivity contribution is 7.15. The zero-order valence-corrected chi connectivity index (χ0v) is 13.2. The molecule has 0 N–H and O–H groups in total. The van der Waals surface area contributed by atoms with Crippen LogP contribution in [-0.4, -0.2) is 4.98 Å². The van der Waals surface area contributed by atoms with Crippen molar-refractivity contribution < 1.29 is 0 Å². The molecule has 0 fully saturated rings. The Morgan fingerprint density at radius 2 is 1.75 bits per heavy atom. The van der Waals surface area contributed by atoms with E-state index in [9.17, 15) is 0 Å². The molecular formula is C18H19NS. The zero-order valence-electron chi connectivity index (χ0n) is 12.4. The molecule has 1 aromatic carbocycles. The van der Waals surface area contributed by atoms with E-state index in [1.807, 2.05) is 17.4 Å². The third-order valence-corrected chi connectivity index (χ3v) is 4.65. The summed E-state index contributed by atoms with van der Waals surface area (Å²) in [4.78, 5) is 7.45. The van der Waals surface area contributed by atoms with E-state index in [0.29, 0.717) is 0 Å². The average molecular weight is 281 g/mol. The fraction of sp³-hybridized carbons (Fsp3) is 0.278. The van der Waals surface area contributed by atoms with Crippen molar-refractivity contribution in [3.8, 4) is 10.6 Å². The molecule has 20 heavy (non-hydrogen) atoms. The van der Waals surface area contributed by atoms with Crippen LogP contribution in [0.3, 0.4) is 0 Å². The van der Waals surface area contributed by atoms with Gasteiger partial charge in [-0.1, -0.05) is 45.0 Å². The van der Waals surface area contributed by atoms with Gasteiger partial charge >= 0.3 is 0 Å². The van der Waals surface area contributed by atoms with Gasteiger partial charge in [0, 0.05) is 10.3 Å². The van der Waals surface area contributed by atoms with E-state index in [4.69, 9.17) is 4.98 Å². The molecule has 3 aromatic rings. The van der Waals surface area contributed by atoms with Crippen LogP contribution in [0.5, 0.6) is 0 Å². The Labute approximate surface area is 124 Å². The summed E-state index contributed by atoms with van der Waals surface area (Å²) in [6.07, 6.45) is 0. The van der Waals surface area contributed by atoms with E-state index in [1.54, 1.807) is 0 Å². The molecule has 0 atom stereocenters. The lowest BCUT2D eigenvalue weighted by Crippen LogP contribution is -2.10. The van der Waals surface area contributed by atoms with Gasteiger partial charge in [0.1, 0.15) is 0 Å². The lowest BCUT2D eigenvalue weighted by molar-refractivity contribution is 0.589. The normalized spacial score (nSPS) is 12.0. The minimum atomic E-state index is 0.190. The maximum Gasteiger partial charge on any atom is 0.0809 e.